The minimum absolute atomic E-state index is 0.118. The summed E-state index contributed by atoms with van der Waals surface area (Å²) in [5, 5.41) is 1.02. The van der Waals surface area contributed by atoms with Gasteiger partial charge in [-0.15, -0.1) is 0 Å². The predicted octanol–water partition coefficient (Wildman–Crippen LogP) is 5.01. The maximum absolute atomic E-state index is 13.4. The van der Waals surface area contributed by atoms with Gasteiger partial charge >= 0.3 is 5.97 Å². The van der Waals surface area contributed by atoms with Crippen LogP contribution in [-0.4, -0.2) is 45.7 Å². The number of hydrogen-bond donors (Lipinski definition) is 1. The first kappa shape index (κ1) is 25.3. The van der Waals surface area contributed by atoms with Crippen LogP contribution in [0.25, 0.3) is 10.9 Å². The summed E-state index contributed by atoms with van der Waals surface area (Å²) in [7, 11) is 4.69. The summed E-state index contributed by atoms with van der Waals surface area (Å²) in [6, 6.07) is 19.3. The number of para-hydroxylation sites is 1. The van der Waals surface area contributed by atoms with Crippen molar-refractivity contribution < 1.29 is 38.1 Å². The van der Waals surface area contributed by atoms with Crippen molar-refractivity contribution in [1.29, 1.82) is 0 Å². The summed E-state index contributed by atoms with van der Waals surface area (Å²) in [4.78, 5) is 24.4. The van der Waals surface area contributed by atoms with E-state index in [9.17, 15) is 4.79 Å². The van der Waals surface area contributed by atoms with Gasteiger partial charge in [0.1, 0.15) is 11.9 Å². The van der Waals surface area contributed by atoms with E-state index in [1.54, 1.807) is 21.3 Å². The van der Waals surface area contributed by atoms with E-state index in [0.717, 1.165) is 27.6 Å². The lowest BCUT2D eigenvalue weighted by Crippen LogP contribution is -2.36. The normalized spacial score (nSPS) is 22.1. The van der Waals surface area contributed by atoms with E-state index in [1.165, 1.54) is 0 Å². The van der Waals surface area contributed by atoms with Crippen LogP contribution < -0.4 is 29.2 Å². The highest BCUT2D eigenvalue weighted by Crippen LogP contribution is 2.56. The molecule has 3 aromatic carbocycles. The quantitative estimate of drug-likeness (QED) is 0.247. The smallest absolute Gasteiger partial charge is 0.310 e. The van der Waals surface area contributed by atoms with Crippen LogP contribution in [0.2, 0.25) is 0 Å². The van der Waals surface area contributed by atoms with Gasteiger partial charge in [0.25, 0.3) is 0 Å². The number of methoxy groups -OCH3 is 3. The minimum Gasteiger partial charge on any atom is -0.493 e. The zero-order chi connectivity index (χ0) is 28.1. The van der Waals surface area contributed by atoms with Crippen LogP contribution in [0.4, 0.5) is 5.82 Å². The lowest BCUT2D eigenvalue weighted by molar-refractivity contribution is -0.141. The Morgan fingerprint density at radius 2 is 1.59 bits per heavy atom. The molecule has 0 spiro atoms. The Morgan fingerprint density at radius 1 is 0.854 bits per heavy atom. The van der Waals surface area contributed by atoms with Gasteiger partial charge in [-0.3, -0.25) is 9.63 Å². The van der Waals surface area contributed by atoms with Crippen LogP contribution in [0, 0.1) is 11.8 Å². The average molecular weight is 557 g/mol. The number of ether oxygens (including phenoxy) is 6. The molecule has 0 bridgehead atoms. The fourth-order valence-corrected chi connectivity index (χ4v) is 6.19. The number of carbonyl (C=O) groups excluding carboxylic acids is 1. The number of nitrogens with zero attached hydrogens (tertiary/aromatic N) is 1. The summed E-state index contributed by atoms with van der Waals surface area (Å²) in [6.07, 6.45) is -0.539. The molecule has 1 aromatic heterocycles. The highest BCUT2D eigenvalue weighted by Gasteiger charge is 2.53. The third kappa shape index (κ3) is 4.13. The Bertz CT molecular complexity index is 1630. The van der Waals surface area contributed by atoms with E-state index in [2.05, 4.69) is 10.5 Å². The van der Waals surface area contributed by atoms with Crippen LogP contribution in [0.3, 0.4) is 0 Å². The molecule has 210 valence electrons. The largest absolute Gasteiger partial charge is 0.493 e. The van der Waals surface area contributed by atoms with E-state index >= 15 is 0 Å². The van der Waals surface area contributed by atoms with Gasteiger partial charge in [0, 0.05) is 17.2 Å². The van der Waals surface area contributed by atoms with E-state index < -0.39 is 17.9 Å². The molecule has 1 N–H and O–H groups in total. The Labute approximate surface area is 236 Å². The first-order valence-corrected chi connectivity index (χ1v) is 13.3. The molecule has 3 aliphatic rings. The summed E-state index contributed by atoms with van der Waals surface area (Å²) >= 11 is 0. The van der Waals surface area contributed by atoms with Crippen molar-refractivity contribution in [3.8, 4) is 28.7 Å². The zero-order valence-electron chi connectivity index (χ0n) is 22.7. The number of nitrogens with one attached hydrogen (secondary N) is 1. The Kier molecular flexibility index (Phi) is 6.19. The Hall–Kier alpha value is -4.70. The third-order valence-electron chi connectivity index (χ3n) is 8.05. The van der Waals surface area contributed by atoms with Crippen molar-refractivity contribution in [2.75, 3.05) is 40.2 Å². The van der Waals surface area contributed by atoms with Crippen LogP contribution in [0.5, 0.6) is 28.7 Å². The Balaban J connectivity index is 1.34. The molecule has 1 fully saturated rings. The number of carbonyl (C=O) groups is 1. The van der Waals surface area contributed by atoms with Crippen molar-refractivity contribution in [3.05, 3.63) is 77.4 Å². The molecule has 7 rings (SSSR count). The molecule has 41 heavy (non-hydrogen) atoms. The number of pyridine rings is 1. The van der Waals surface area contributed by atoms with Crippen molar-refractivity contribution >= 4 is 22.7 Å². The summed E-state index contributed by atoms with van der Waals surface area (Å²) in [6.45, 7) is 0.322. The van der Waals surface area contributed by atoms with Gasteiger partial charge in [0.2, 0.25) is 12.5 Å². The number of hydrogen-bond acceptors (Lipinski definition) is 10. The number of cyclic esters (lactones) is 1. The number of fused-ring (bicyclic) bond motifs is 4. The van der Waals surface area contributed by atoms with Crippen molar-refractivity contribution in [2.45, 2.75) is 12.0 Å². The topological polar surface area (TPSA) is 107 Å². The molecule has 3 heterocycles. The SMILES string of the molecule is COc1cc([C@@H]2c3cc4c(cc3[C@H](ONc3ccc5ccccc5n3)[C@H]3COC(=O)[C@H]23)OCO4)cc(OC)c1OC. The van der Waals surface area contributed by atoms with E-state index in [-0.39, 0.29) is 25.3 Å². The number of anilines is 1. The van der Waals surface area contributed by atoms with Gasteiger partial charge in [-0.05, 0) is 59.2 Å². The van der Waals surface area contributed by atoms with Gasteiger partial charge in [-0.25, -0.2) is 10.5 Å². The third-order valence-corrected chi connectivity index (χ3v) is 8.05. The second kappa shape index (κ2) is 10.0. The van der Waals surface area contributed by atoms with Gasteiger partial charge in [0.05, 0.1) is 39.4 Å². The number of rotatable bonds is 7. The lowest BCUT2D eigenvalue weighted by Gasteiger charge is -2.38. The van der Waals surface area contributed by atoms with Crippen molar-refractivity contribution in [1.82, 2.24) is 4.98 Å². The number of aromatic nitrogens is 1. The van der Waals surface area contributed by atoms with Crippen molar-refractivity contribution in [3.63, 3.8) is 0 Å². The molecule has 0 unspecified atom stereocenters. The molecule has 10 nitrogen and oxygen atoms in total. The van der Waals surface area contributed by atoms with E-state index in [0.29, 0.717) is 34.6 Å². The van der Waals surface area contributed by atoms with Crippen molar-refractivity contribution in [2.24, 2.45) is 11.8 Å². The van der Waals surface area contributed by atoms with Gasteiger partial charge in [0.15, 0.2) is 23.0 Å². The minimum atomic E-state index is -0.540. The number of benzene rings is 3. The first-order valence-electron chi connectivity index (χ1n) is 13.3. The molecule has 0 amide bonds. The highest BCUT2D eigenvalue weighted by molar-refractivity contribution is 5.80. The molecule has 1 aliphatic carbocycles. The summed E-state index contributed by atoms with van der Waals surface area (Å²) in [5.41, 5.74) is 6.42. The zero-order valence-corrected chi connectivity index (χ0v) is 22.7. The second-order valence-corrected chi connectivity index (χ2v) is 10.1. The van der Waals surface area contributed by atoms with Crippen LogP contribution in [-0.2, 0) is 14.4 Å². The molecule has 1 saturated heterocycles. The average Bonchev–Trinajstić information content (AvgIpc) is 3.63. The molecule has 2 aliphatic heterocycles. The maximum atomic E-state index is 13.4. The van der Waals surface area contributed by atoms with Crippen LogP contribution >= 0.6 is 0 Å². The Morgan fingerprint density at radius 3 is 2.32 bits per heavy atom. The highest BCUT2D eigenvalue weighted by atomic mass is 16.7. The van der Waals surface area contributed by atoms with Crippen LogP contribution in [0.15, 0.2) is 60.7 Å². The maximum Gasteiger partial charge on any atom is 0.310 e. The molecule has 4 atom stereocenters. The molecule has 0 radical (unpaired) electrons. The monoisotopic (exact) mass is 556 g/mol. The molecule has 10 heteroatoms. The molecule has 0 saturated carbocycles. The van der Waals surface area contributed by atoms with Gasteiger partial charge in [-0.1, -0.05) is 18.2 Å². The number of esters is 1. The molecular weight excluding hydrogens is 528 g/mol. The van der Waals surface area contributed by atoms with Gasteiger partial charge < -0.3 is 28.4 Å². The molecular formula is C31H28N2O8. The predicted molar refractivity (Wildman–Crippen MR) is 148 cm³/mol. The van der Waals surface area contributed by atoms with E-state index in [4.69, 9.17) is 33.3 Å². The summed E-state index contributed by atoms with van der Waals surface area (Å²) < 4.78 is 34.0. The molecule has 4 aromatic rings. The fraction of sp³-hybridized carbons (Fsp3) is 0.290. The second-order valence-electron chi connectivity index (χ2n) is 10.1. The summed E-state index contributed by atoms with van der Waals surface area (Å²) in [5.74, 6) is 1.71. The van der Waals surface area contributed by atoms with Crippen LogP contribution in [0.1, 0.15) is 28.7 Å². The fourth-order valence-electron chi connectivity index (χ4n) is 6.19. The first-order chi connectivity index (χ1) is 20.1. The van der Waals surface area contributed by atoms with E-state index in [1.807, 2.05) is 60.7 Å². The lowest BCUT2D eigenvalue weighted by atomic mass is 9.66. The standard InChI is InChI=1S/C31H28N2O8/c1-35-24-10-17(11-25(36-2)30(24)37-3)27-18-12-22-23(40-15-39-22)13-19(18)29(20-14-38-31(34)28(20)27)41-33-26-9-8-16-6-4-5-7-21(16)32-26/h4-13,20,27-29H,14-15H2,1-3H3,(H,32,33)/t20-,27+,28-,29-/m0/s1. The van der Waals surface area contributed by atoms with Gasteiger partial charge in [-0.2, -0.15) is 0 Å².